The number of aryl methyl sites for hydroxylation is 2. The van der Waals surface area contributed by atoms with E-state index in [4.69, 9.17) is 0 Å². The van der Waals surface area contributed by atoms with E-state index in [1.165, 1.54) is 23.2 Å². The van der Waals surface area contributed by atoms with Gasteiger partial charge in [-0.1, -0.05) is 0 Å². The Kier molecular flexibility index (Phi) is 5.25. The number of anilines is 1. The van der Waals surface area contributed by atoms with E-state index in [1.54, 1.807) is 11.3 Å². The number of piperidine rings is 1. The van der Waals surface area contributed by atoms with Crippen molar-refractivity contribution in [2.24, 2.45) is 5.92 Å². The van der Waals surface area contributed by atoms with Crippen molar-refractivity contribution < 1.29 is 21.6 Å². The first-order valence-corrected chi connectivity index (χ1v) is 11.6. The summed E-state index contributed by atoms with van der Waals surface area (Å²) in [6.45, 7) is 0.332. The van der Waals surface area contributed by atoms with E-state index in [-0.39, 0.29) is 19.0 Å². The van der Waals surface area contributed by atoms with Gasteiger partial charge in [-0.05, 0) is 50.0 Å². The Morgan fingerprint density at radius 3 is 2.61 bits per heavy atom. The maximum atomic E-state index is 12.7. The molecule has 0 saturated carbocycles. The summed E-state index contributed by atoms with van der Waals surface area (Å²) >= 11 is 1.71. The zero-order chi connectivity index (χ0) is 19.9. The number of hydrogen-bond donors (Lipinski definition) is 1. The summed E-state index contributed by atoms with van der Waals surface area (Å²) in [4.78, 5) is 11.1. The van der Waals surface area contributed by atoms with Gasteiger partial charge in [0.1, 0.15) is 17.0 Å². The van der Waals surface area contributed by atoms with Gasteiger partial charge in [0.15, 0.2) is 0 Å². The van der Waals surface area contributed by atoms with E-state index in [1.807, 2.05) is 0 Å². The number of hydrogen-bond acceptors (Lipinski definition) is 6. The van der Waals surface area contributed by atoms with Gasteiger partial charge in [-0.3, -0.25) is 0 Å². The highest BCUT2D eigenvalue weighted by atomic mass is 32.2. The molecule has 1 fully saturated rings. The van der Waals surface area contributed by atoms with Crippen molar-refractivity contribution in [1.82, 2.24) is 14.3 Å². The SMILES string of the molecule is O=S(=O)(N1CCC(CNc2ncnc3sc4c(c23)CCCC4)CC1)C(F)(F)F. The third-order valence-electron chi connectivity index (χ3n) is 5.52. The molecular weight excluding hydrogens is 413 g/mol. The van der Waals surface area contributed by atoms with Gasteiger partial charge in [0.25, 0.3) is 0 Å². The maximum absolute atomic E-state index is 12.7. The Hall–Kier alpha value is -1.46. The summed E-state index contributed by atoms with van der Waals surface area (Å²) < 4.78 is 61.6. The van der Waals surface area contributed by atoms with E-state index in [0.717, 1.165) is 35.3 Å². The minimum Gasteiger partial charge on any atom is -0.369 e. The molecule has 0 bridgehead atoms. The number of thiophene rings is 1. The van der Waals surface area contributed by atoms with Crippen LogP contribution in [0.4, 0.5) is 19.0 Å². The summed E-state index contributed by atoms with van der Waals surface area (Å²) in [6, 6.07) is 0. The van der Waals surface area contributed by atoms with Gasteiger partial charge in [0.05, 0.1) is 5.39 Å². The molecule has 1 aliphatic heterocycles. The third kappa shape index (κ3) is 3.59. The first kappa shape index (κ1) is 19.8. The number of nitrogens with one attached hydrogen (secondary N) is 1. The molecule has 0 unspecified atom stereocenters. The van der Waals surface area contributed by atoms with E-state index in [9.17, 15) is 21.6 Å². The van der Waals surface area contributed by atoms with Crippen LogP contribution < -0.4 is 5.32 Å². The molecule has 2 aromatic rings. The molecule has 1 saturated heterocycles. The zero-order valence-corrected chi connectivity index (χ0v) is 16.8. The fraction of sp³-hybridized carbons (Fsp3) is 0.647. The second-order valence-corrected chi connectivity index (χ2v) is 10.3. The smallest absolute Gasteiger partial charge is 0.369 e. The topological polar surface area (TPSA) is 75.2 Å². The van der Waals surface area contributed by atoms with Gasteiger partial charge < -0.3 is 5.32 Å². The highest BCUT2D eigenvalue weighted by Crippen LogP contribution is 2.38. The van der Waals surface area contributed by atoms with Crippen LogP contribution in [-0.4, -0.2) is 47.8 Å². The van der Waals surface area contributed by atoms with Crippen molar-refractivity contribution >= 4 is 37.4 Å². The molecule has 2 aliphatic rings. The fourth-order valence-corrected chi connectivity index (χ4v) is 6.18. The molecule has 0 atom stereocenters. The maximum Gasteiger partial charge on any atom is 0.511 e. The largest absolute Gasteiger partial charge is 0.511 e. The highest BCUT2D eigenvalue weighted by Gasteiger charge is 2.50. The monoisotopic (exact) mass is 434 g/mol. The molecule has 6 nitrogen and oxygen atoms in total. The first-order valence-electron chi connectivity index (χ1n) is 9.33. The van der Waals surface area contributed by atoms with Crippen LogP contribution >= 0.6 is 11.3 Å². The molecule has 0 spiro atoms. The predicted molar refractivity (Wildman–Crippen MR) is 102 cm³/mol. The van der Waals surface area contributed by atoms with E-state index in [2.05, 4.69) is 15.3 Å². The molecule has 4 rings (SSSR count). The van der Waals surface area contributed by atoms with Gasteiger partial charge in [-0.2, -0.15) is 17.5 Å². The van der Waals surface area contributed by atoms with Crippen LogP contribution in [0.1, 0.15) is 36.1 Å². The quantitative estimate of drug-likeness (QED) is 0.797. The Morgan fingerprint density at radius 2 is 1.89 bits per heavy atom. The second-order valence-electron chi connectivity index (χ2n) is 7.29. The summed E-state index contributed by atoms with van der Waals surface area (Å²) in [5.74, 6) is 0.869. The minimum atomic E-state index is -5.23. The van der Waals surface area contributed by atoms with Crippen molar-refractivity contribution in [1.29, 1.82) is 0 Å². The van der Waals surface area contributed by atoms with E-state index < -0.39 is 15.5 Å². The lowest BCUT2D eigenvalue weighted by atomic mass is 9.96. The lowest BCUT2D eigenvalue weighted by Gasteiger charge is -2.31. The van der Waals surface area contributed by atoms with Crippen LogP contribution in [-0.2, 0) is 22.9 Å². The predicted octanol–water partition coefficient (Wildman–Crippen LogP) is 3.54. The number of fused-ring (bicyclic) bond motifs is 3. The first-order chi connectivity index (χ1) is 13.3. The molecule has 154 valence electrons. The van der Waals surface area contributed by atoms with Crippen molar-refractivity contribution in [3.63, 3.8) is 0 Å². The Morgan fingerprint density at radius 1 is 1.18 bits per heavy atom. The van der Waals surface area contributed by atoms with Crippen LogP contribution in [0.15, 0.2) is 6.33 Å². The average molecular weight is 435 g/mol. The van der Waals surface area contributed by atoms with Crippen LogP contribution in [0.25, 0.3) is 10.2 Å². The Bertz CT molecular complexity index is 967. The number of alkyl halides is 3. The summed E-state index contributed by atoms with van der Waals surface area (Å²) in [7, 11) is -5.23. The molecule has 1 aliphatic carbocycles. The van der Waals surface area contributed by atoms with Crippen LogP contribution in [0.3, 0.4) is 0 Å². The fourth-order valence-electron chi connectivity index (χ4n) is 3.97. The second kappa shape index (κ2) is 7.42. The molecule has 28 heavy (non-hydrogen) atoms. The Labute approximate surface area is 165 Å². The molecule has 11 heteroatoms. The van der Waals surface area contributed by atoms with Crippen molar-refractivity contribution in [2.45, 2.75) is 44.0 Å². The number of rotatable bonds is 4. The van der Waals surface area contributed by atoms with Gasteiger partial charge >= 0.3 is 15.5 Å². The lowest BCUT2D eigenvalue weighted by molar-refractivity contribution is -0.0496. The molecule has 1 N–H and O–H groups in total. The number of halogens is 3. The summed E-state index contributed by atoms with van der Waals surface area (Å²) in [5, 5.41) is 4.41. The Balaban J connectivity index is 1.42. The number of nitrogens with zero attached hydrogens (tertiary/aromatic N) is 3. The van der Waals surface area contributed by atoms with Gasteiger partial charge in [0, 0.05) is 24.5 Å². The standard InChI is InChI=1S/C17H21F3N4O2S2/c18-17(19,20)28(25,26)24-7-5-11(6-8-24)9-21-15-14-12-3-1-2-4-13(12)27-16(14)23-10-22-15/h10-11H,1-9H2,(H,21,22,23). The average Bonchev–Trinajstić information content (AvgIpc) is 3.05. The van der Waals surface area contributed by atoms with E-state index in [0.29, 0.717) is 23.7 Å². The summed E-state index contributed by atoms with van der Waals surface area (Å²) in [5.41, 5.74) is -3.91. The van der Waals surface area contributed by atoms with Crippen LogP contribution in [0.5, 0.6) is 0 Å². The normalized spacial score (nSPS) is 19.7. The number of aromatic nitrogens is 2. The molecule has 0 aromatic carbocycles. The van der Waals surface area contributed by atoms with E-state index >= 15 is 0 Å². The number of sulfonamides is 1. The van der Waals surface area contributed by atoms with Gasteiger partial charge in [0.2, 0.25) is 0 Å². The van der Waals surface area contributed by atoms with Crippen molar-refractivity contribution in [2.75, 3.05) is 25.0 Å². The highest BCUT2D eigenvalue weighted by molar-refractivity contribution is 7.90. The third-order valence-corrected chi connectivity index (χ3v) is 8.35. The molecular formula is C17H21F3N4O2S2. The molecule has 0 radical (unpaired) electrons. The minimum absolute atomic E-state index is 0.0964. The lowest BCUT2D eigenvalue weighted by Crippen LogP contribution is -2.45. The molecule has 2 aromatic heterocycles. The summed E-state index contributed by atoms with van der Waals surface area (Å²) in [6.07, 6.45) is 6.74. The van der Waals surface area contributed by atoms with Crippen molar-refractivity contribution in [3.8, 4) is 0 Å². The zero-order valence-electron chi connectivity index (χ0n) is 15.1. The van der Waals surface area contributed by atoms with Gasteiger partial charge in [-0.25, -0.2) is 18.4 Å². The molecule has 3 heterocycles. The van der Waals surface area contributed by atoms with Crippen LogP contribution in [0.2, 0.25) is 0 Å². The van der Waals surface area contributed by atoms with Crippen LogP contribution in [0, 0.1) is 5.92 Å². The molecule has 0 amide bonds. The van der Waals surface area contributed by atoms with Crippen molar-refractivity contribution in [3.05, 3.63) is 16.8 Å². The van der Waals surface area contributed by atoms with Gasteiger partial charge in [-0.15, -0.1) is 11.3 Å².